The van der Waals surface area contributed by atoms with Crippen LogP contribution in [0.25, 0.3) is 0 Å². The van der Waals surface area contributed by atoms with E-state index in [4.69, 9.17) is 0 Å². The predicted molar refractivity (Wildman–Crippen MR) is 77.3 cm³/mol. The number of nitrogens with one attached hydrogen (secondary N) is 1. The summed E-state index contributed by atoms with van der Waals surface area (Å²) in [4.78, 5) is 16.6. The van der Waals surface area contributed by atoms with Crippen molar-refractivity contribution in [3.8, 4) is 0 Å². The molecule has 1 saturated heterocycles. The summed E-state index contributed by atoms with van der Waals surface area (Å²) in [6, 6.07) is 5.93. The van der Waals surface area contributed by atoms with Gasteiger partial charge in [0.2, 0.25) is 0 Å². The molecule has 0 spiro atoms. The molecule has 0 bridgehead atoms. The first-order valence-corrected chi connectivity index (χ1v) is 7.02. The quantitative estimate of drug-likeness (QED) is 0.899. The lowest BCUT2D eigenvalue weighted by atomic mass is 10.2. The Labute approximate surface area is 119 Å². The molecule has 1 atom stereocenters. The standard InChI is InChI=1S/C15H22FN3O/c1-12(19-9-7-18(2)8-10-19)11-17-15(20)13-3-5-14(16)6-4-13/h3-6,12H,7-11H2,1-2H3,(H,17,20)/t12-/m1/s1. The maximum absolute atomic E-state index is 12.8. The highest BCUT2D eigenvalue weighted by atomic mass is 19.1. The minimum atomic E-state index is -0.327. The summed E-state index contributed by atoms with van der Waals surface area (Å²) in [5.41, 5.74) is 0.497. The van der Waals surface area contributed by atoms with Gasteiger partial charge in [-0.05, 0) is 38.2 Å². The highest BCUT2D eigenvalue weighted by Crippen LogP contribution is 2.05. The SMILES string of the molecule is C[C@H](CNC(=O)c1ccc(F)cc1)N1CCN(C)CC1. The Kier molecular flexibility index (Phi) is 5.09. The van der Waals surface area contributed by atoms with Crippen molar-refractivity contribution in [2.45, 2.75) is 13.0 Å². The van der Waals surface area contributed by atoms with Gasteiger partial charge in [0.05, 0.1) is 0 Å². The normalized spacial score (nSPS) is 18.8. The third kappa shape index (κ3) is 4.02. The topological polar surface area (TPSA) is 35.6 Å². The Morgan fingerprint density at radius 3 is 2.45 bits per heavy atom. The van der Waals surface area contributed by atoms with E-state index in [1.165, 1.54) is 24.3 Å². The number of halogens is 1. The Bertz CT molecular complexity index is 441. The first kappa shape index (κ1) is 14.9. The summed E-state index contributed by atoms with van der Waals surface area (Å²) in [5, 5.41) is 2.91. The molecule has 4 nitrogen and oxygen atoms in total. The number of nitrogens with zero attached hydrogens (tertiary/aromatic N) is 2. The fourth-order valence-electron chi connectivity index (χ4n) is 2.34. The number of likely N-dealkylation sites (N-methyl/N-ethyl adjacent to an activating group) is 1. The fraction of sp³-hybridized carbons (Fsp3) is 0.533. The van der Waals surface area contributed by atoms with Crippen molar-refractivity contribution in [2.75, 3.05) is 39.8 Å². The van der Waals surface area contributed by atoms with Crippen LogP contribution in [0.5, 0.6) is 0 Å². The Hall–Kier alpha value is -1.46. The van der Waals surface area contributed by atoms with Gasteiger partial charge in [-0.2, -0.15) is 0 Å². The molecule has 1 aromatic carbocycles. The highest BCUT2D eigenvalue weighted by molar-refractivity contribution is 5.94. The monoisotopic (exact) mass is 279 g/mol. The molecular formula is C15H22FN3O. The molecule has 1 aliphatic rings. The second-order valence-corrected chi connectivity index (χ2v) is 5.41. The summed E-state index contributed by atoms with van der Waals surface area (Å²) in [6.07, 6.45) is 0. The lowest BCUT2D eigenvalue weighted by Crippen LogP contribution is -2.51. The minimum Gasteiger partial charge on any atom is -0.350 e. The van der Waals surface area contributed by atoms with Crippen LogP contribution in [0.2, 0.25) is 0 Å². The maximum Gasteiger partial charge on any atom is 0.251 e. The van der Waals surface area contributed by atoms with Crippen LogP contribution in [0.4, 0.5) is 4.39 Å². The van der Waals surface area contributed by atoms with Crippen LogP contribution in [0.3, 0.4) is 0 Å². The van der Waals surface area contributed by atoms with Crippen LogP contribution in [0.15, 0.2) is 24.3 Å². The zero-order chi connectivity index (χ0) is 14.5. The van der Waals surface area contributed by atoms with E-state index in [-0.39, 0.29) is 11.7 Å². The molecule has 1 fully saturated rings. The maximum atomic E-state index is 12.8. The largest absolute Gasteiger partial charge is 0.350 e. The van der Waals surface area contributed by atoms with E-state index in [1.807, 2.05) is 0 Å². The number of amides is 1. The Balaban J connectivity index is 1.79. The lowest BCUT2D eigenvalue weighted by Gasteiger charge is -2.36. The zero-order valence-corrected chi connectivity index (χ0v) is 12.1. The third-order valence-corrected chi connectivity index (χ3v) is 3.83. The molecule has 20 heavy (non-hydrogen) atoms. The molecule has 0 unspecified atom stereocenters. The van der Waals surface area contributed by atoms with Gasteiger partial charge in [0.1, 0.15) is 5.82 Å². The average molecular weight is 279 g/mol. The van der Waals surface area contributed by atoms with Gasteiger partial charge in [0.15, 0.2) is 0 Å². The van der Waals surface area contributed by atoms with Crippen LogP contribution in [-0.2, 0) is 0 Å². The van der Waals surface area contributed by atoms with Gasteiger partial charge in [0, 0.05) is 44.3 Å². The van der Waals surface area contributed by atoms with Crippen molar-refractivity contribution in [3.05, 3.63) is 35.6 Å². The molecule has 1 aromatic rings. The summed E-state index contributed by atoms with van der Waals surface area (Å²) in [7, 11) is 2.12. The summed E-state index contributed by atoms with van der Waals surface area (Å²) < 4.78 is 12.8. The molecule has 0 radical (unpaired) electrons. The first-order valence-electron chi connectivity index (χ1n) is 7.02. The predicted octanol–water partition coefficient (Wildman–Crippen LogP) is 1.19. The van der Waals surface area contributed by atoms with Crippen LogP contribution in [0, 0.1) is 5.82 Å². The number of carbonyl (C=O) groups excluding carboxylic acids is 1. The van der Waals surface area contributed by atoms with E-state index >= 15 is 0 Å². The number of rotatable bonds is 4. The van der Waals surface area contributed by atoms with Crippen LogP contribution in [0.1, 0.15) is 17.3 Å². The molecule has 1 N–H and O–H groups in total. The average Bonchev–Trinajstić information content (AvgIpc) is 2.46. The second kappa shape index (κ2) is 6.81. The number of carbonyl (C=O) groups is 1. The molecule has 1 aliphatic heterocycles. The third-order valence-electron chi connectivity index (χ3n) is 3.83. The van der Waals surface area contributed by atoms with Gasteiger partial charge in [-0.25, -0.2) is 4.39 Å². The van der Waals surface area contributed by atoms with E-state index in [0.717, 1.165) is 26.2 Å². The minimum absolute atomic E-state index is 0.147. The number of hydrogen-bond acceptors (Lipinski definition) is 3. The van der Waals surface area contributed by atoms with E-state index in [1.54, 1.807) is 0 Å². The number of hydrogen-bond donors (Lipinski definition) is 1. The number of benzene rings is 1. The molecule has 110 valence electrons. The van der Waals surface area contributed by atoms with Crippen molar-refractivity contribution in [3.63, 3.8) is 0 Å². The molecule has 0 aromatic heterocycles. The van der Waals surface area contributed by atoms with Crippen molar-refractivity contribution < 1.29 is 9.18 Å². The van der Waals surface area contributed by atoms with Gasteiger partial charge >= 0.3 is 0 Å². The van der Waals surface area contributed by atoms with Gasteiger partial charge in [0.25, 0.3) is 5.91 Å². The van der Waals surface area contributed by atoms with Gasteiger partial charge in [-0.15, -0.1) is 0 Å². The van der Waals surface area contributed by atoms with E-state index < -0.39 is 0 Å². The number of piperazine rings is 1. The van der Waals surface area contributed by atoms with Crippen LogP contribution in [-0.4, -0.2) is 61.5 Å². The molecule has 5 heteroatoms. The smallest absolute Gasteiger partial charge is 0.251 e. The molecule has 0 aliphatic carbocycles. The van der Waals surface area contributed by atoms with Crippen molar-refractivity contribution in [1.29, 1.82) is 0 Å². The summed E-state index contributed by atoms with van der Waals surface area (Å²) in [5.74, 6) is -0.474. The van der Waals surface area contributed by atoms with Crippen molar-refractivity contribution >= 4 is 5.91 Å². The zero-order valence-electron chi connectivity index (χ0n) is 12.1. The lowest BCUT2D eigenvalue weighted by molar-refractivity contribution is 0.0903. The summed E-state index contributed by atoms with van der Waals surface area (Å²) >= 11 is 0. The Morgan fingerprint density at radius 1 is 1.25 bits per heavy atom. The first-order chi connectivity index (χ1) is 9.56. The second-order valence-electron chi connectivity index (χ2n) is 5.41. The highest BCUT2D eigenvalue weighted by Gasteiger charge is 2.19. The molecule has 1 heterocycles. The fourth-order valence-corrected chi connectivity index (χ4v) is 2.34. The van der Waals surface area contributed by atoms with E-state index in [2.05, 4.69) is 29.1 Å². The van der Waals surface area contributed by atoms with E-state index in [9.17, 15) is 9.18 Å². The van der Waals surface area contributed by atoms with Crippen LogP contribution < -0.4 is 5.32 Å². The molecular weight excluding hydrogens is 257 g/mol. The Morgan fingerprint density at radius 2 is 1.85 bits per heavy atom. The van der Waals surface area contributed by atoms with Crippen LogP contribution >= 0.6 is 0 Å². The summed E-state index contributed by atoms with van der Waals surface area (Å²) in [6.45, 7) is 6.93. The van der Waals surface area contributed by atoms with E-state index in [0.29, 0.717) is 18.2 Å². The van der Waals surface area contributed by atoms with Gasteiger partial charge in [-0.1, -0.05) is 0 Å². The van der Waals surface area contributed by atoms with Crippen molar-refractivity contribution in [2.24, 2.45) is 0 Å². The van der Waals surface area contributed by atoms with Gasteiger partial charge < -0.3 is 10.2 Å². The molecule has 0 saturated carbocycles. The molecule has 1 amide bonds. The molecule has 2 rings (SSSR count). The van der Waals surface area contributed by atoms with Gasteiger partial charge in [-0.3, -0.25) is 9.69 Å². The van der Waals surface area contributed by atoms with Crippen molar-refractivity contribution in [1.82, 2.24) is 15.1 Å².